The highest BCUT2D eigenvalue weighted by Crippen LogP contribution is 2.14. The highest BCUT2D eigenvalue weighted by molar-refractivity contribution is 6.30. The van der Waals surface area contributed by atoms with Crippen LogP contribution in [-0.4, -0.2) is 36.9 Å². The fourth-order valence-electron chi connectivity index (χ4n) is 1.27. The van der Waals surface area contributed by atoms with E-state index in [2.05, 4.69) is 20.4 Å². The zero-order valence-corrected chi connectivity index (χ0v) is 9.92. The van der Waals surface area contributed by atoms with Crippen molar-refractivity contribution in [3.05, 3.63) is 27.7 Å². The standard InChI is InChI=1S/C8H9ClN6O2/c1-14-12-5(11-13-14)3-15-4-10-7(9)6(17-2)8(15)16/h4H,3H2,1-2H3. The first-order chi connectivity index (χ1) is 8.11. The van der Waals surface area contributed by atoms with Crippen LogP contribution in [0.2, 0.25) is 5.15 Å². The van der Waals surface area contributed by atoms with Crippen LogP contribution >= 0.6 is 11.6 Å². The molecule has 0 amide bonds. The first-order valence-electron chi connectivity index (χ1n) is 4.63. The summed E-state index contributed by atoms with van der Waals surface area (Å²) in [6.07, 6.45) is 1.31. The quantitative estimate of drug-likeness (QED) is 0.687. The molecule has 0 aromatic carbocycles. The second kappa shape index (κ2) is 4.50. The number of hydrogen-bond donors (Lipinski definition) is 0. The lowest BCUT2D eigenvalue weighted by atomic mass is 10.5. The molecule has 9 heteroatoms. The number of rotatable bonds is 3. The summed E-state index contributed by atoms with van der Waals surface area (Å²) >= 11 is 5.71. The number of aryl methyl sites for hydroxylation is 1. The molecule has 0 radical (unpaired) electrons. The van der Waals surface area contributed by atoms with Gasteiger partial charge in [0.25, 0.3) is 5.56 Å². The number of hydrogen-bond acceptors (Lipinski definition) is 6. The Hall–Kier alpha value is -1.96. The summed E-state index contributed by atoms with van der Waals surface area (Å²) in [5.74, 6) is 0.402. The van der Waals surface area contributed by atoms with Gasteiger partial charge in [-0.15, -0.1) is 10.2 Å². The van der Waals surface area contributed by atoms with E-state index < -0.39 is 0 Å². The van der Waals surface area contributed by atoms with Crippen LogP contribution in [0.15, 0.2) is 11.1 Å². The third-order valence-electron chi connectivity index (χ3n) is 2.02. The number of nitrogens with zero attached hydrogens (tertiary/aromatic N) is 6. The van der Waals surface area contributed by atoms with Gasteiger partial charge in [0, 0.05) is 0 Å². The molecule has 2 aromatic heterocycles. The van der Waals surface area contributed by atoms with Crippen LogP contribution in [0.3, 0.4) is 0 Å². The van der Waals surface area contributed by atoms with Gasteiger partial charge in [0.1, 0.15) is 0 Å². The van der Waals surface area contributed by atoms with Gasteiger partial charge in [-0.05, 0) is 5.21 Å². The van der Waals surface area contributed by atoms with Gasteiger partial charge in [-0.3, -0.25) is 9.36 Å². The molecule has 0 atom stereocenters. The Kier molecular flexibility index (Phi) is 3.05. The number of ether oxygens (including phenoxy) is 1. The molecule has 90 valence electrons. The van der Waals surface area contributed by atoms with Crippen molar-refractivity contribution >= 4 is 11.6 Å². The van der Waals surface area contributed by atoms with E-state index in [0.717, 1.165) is 0 Å². The fraction of sp³-hybridized carbons (Fsp3) is 0.375. The van der Waals surface area contributed by atoms with E-state index in [0.29, 0.717) is 5.82 Å². The summed E-state index contributed by atoms with van der Waals surface area (Å²) < 4.78 is 6.16. The van der Waals surface area contributed by atoms with Gasteiger partial charge in [0.05, 0.1) is 27.0 Å². The lowest BCUT2D eigenvalue weighted by molar-refractivity contribution is 0.400. The summed E-state index contributed by atoms with van der Waals surface area (Å²) in [6.45, 7) is 0.160. The van der Waals surface area contributed by atoms with Gasteiger partial charge >= 0.3 is 0 Å². The molecule has 0 fully saturated rings. The van der Waals surface area contributed by atoms with Crippen molar-refractivity contribution in [2.75, 3.05) is 7.11 Å². The number of aromatic nitrogens is 6. The Morgan fingerprint density at radius 3 is 2.88 bits per heavy atom. The van der Waals surface area contributed by atoms with Crippen LogP contribution in [0.5, 0.6) is 5.75 Å². The molecule has 0 aliphatic carbocycles. The Labute approximate surface area is 101 Å². The van der Waals surface area contributed by atoms with Gasteiger partial charge in [-0.1, -0.05) is 11.6 Å². The Balaban J connectivity index is 2.37. The van der Waals surface area contributed by atoms with Crippen LogP contribution in [-0.2, 0) is 13.6 Å². The topological polar surface area (TPSA) is 87.7 Å². The predicted octanol–water partition coefficient (Wildman–Crippen LogP) is -0.523. The highest BCUT2D eigenvalue weighted by atomic mass is 35.5. The first kappa shape index (κ1) is 11.5. The number of tetrazole rings is 1. The van der Waals surface area contributed by atoms with Crippen LogP contribution < -0.4 is 10.3 Å². The zero-order chi connectivity index (χ0) is 12.4. The maximum absolute atomic E-state index is 11.9. The van der Waals surface area contributed by atoms with E-state index in [-0.39, 0.29) is 23.0 Å². The van der Waals surface area contributed by atoms with Crippen LogP contribution in [0, 0.1) is 0 Å². The van der Waals surface area contributed by atoms with E-state index in [1.807, 2.05) is 0 Å². The number of halogens is 1. The summed E-state index contributed by atoms with van der Waals surface area (Å²) in [6, 6.07) is 0. The molecule has 0 N–H and O–H groups in total. The largest absolute Gasteiger partial charge is 0.489 e. The van der Waals surface area contributed by atoms with Crippen molar-refractivity contribution in [3.8, 4) is 5.75 Å². The summed E-state index contributed by atoms with van der Waals surface area (Å²) in [5, 5.41) is 11.4. The van der Waals surface area contributed by atoms with Crippen molar-refractivity contribution in [1.29, 1.82) is 0 Å². The van der Waals surface area contributed by atoms with E-state index in [4.69, 9.17) is 16.3 Å². The molecule has 2 aromatic rings. The van der Waals surface area contributed by atoms with E-state index >= 15 is 0 Å². The normalized spacial score (nSPS) is 10.5. The van der Waals surface area contributed by atoms with Gasteiger partial charge in [-0.25, -0.2) is 4.98 Å². The van der Waals surface area contributed by atoms with Crippen molar-refractivity contribution in [3.63, 3.8) is 0 Å². The molecular weight excluding hydrogens is 248 g/mol. The average molecular weight is 257 g/mol. The Morgan fingerprint density at radius 2 is 2.29 bits per heavy atom. The Morgan fingerprint density at radius 1 is 1.53 bits per heavy atom. The lowest BCUT2D eigenvalue weighted by Gasteiger charge is -2.05. The average Bonchev–Trinajstić information content (AvgIpc) is 2.69. The van der Waals surface area contributed by atoms with Crippen LogP contribution in [0.1, 0.15) is 5.82 Å². The Bertz CT molecular complexity index is 592. The first-order valence-corrected chi connectivity index (χ1v) is 5.01. The minimum absolute atomic E-state index is 0.00180. The molecular formula is C8H9ClN6O2. The van der Waals surface area contributed by atoms with E-state index in [1.165, 1.54) is 22.8 Å². The van der Waals surface area contributed by atoms with Gasteiger partial charge in [0.15, 0.2) is 11.0 Å². The van der Waals surface area contributed by atoms with Gasteiger partial charge in [0.2, 0.25) is 5.75 Å². The second-order valence-corrected chi connectivity index (χ2v) is 3.55. The minimum atomic E-state index is -0.389. The molecule has 0 aliphatic heterocycles. The summed E-state index contributed by atoms with van der Waals surface area (Å²) in [4.78, 5) is 17.0. The molecule has 0 saturated carbocycles. The molecule has 0 unspecified atom stereocenters. The molecule has 2 rings (SSSR count). The van der Waals surface area contributed by atoms with Crippen LogP contribution in [0.4, 0.5) is 0 Å². The molecule has 0 bridgehead atoms. The second-order valence-electron chi connectivity index (χ2n) is 3.20. The SMILES string of the molecule is COc1c(Cl)ncn(Cc2nnn(C)n2)c1=O. The van der Waals surface area contributed by atoms with Crippen molar-refractivity contribution in [1.82, 2.24) is 29.8 Å². The molecule has 8 nitrogen and oxygen atoms in total. The van der Waals surface area contributed by atoms with E-state index in [1.54, 1.807) is 7.05 Å². The molecule has 0 saturated heterocycles. The third kappa shape index (κ3) is 2.26. The van der Waals surface area contributed by atoms with Gasteiger partial charge < -0.3 is 4.74 Å². The molecule has 0 aliphatic rings. The predicted molar refractivity (Wildman–Crippen MR) is 58.0 cm³/mol. The lowest BCUT2D eigenvalue weighted by Crippen LogP contribution is -2.23. The third-order valence-corrected chi connectivity index (χ3v) is 2.29. The molecule has 2 heterocycles. The zero-order valence-electron chi connectivity index (χ0n) is 9.16. The van der Waals surface area contributed by atoms with E-state index in [9.17, 15) is 4.79 Å². The molecule has 0 spiro atoms. The highest BCUT2D eigenvalue weighted by Gasteiger charge is 2.11. The maximum Gasteiger partial charge on any atom is 0.297 e. The fourth-order valence-corrected chi connectivity index (χ4v) is 1.47. The van der Waals surface area contributed by atoms with Gasteiger partial charge in [-0.2, -0.15) is 4.80 Å². The summed E-state index contributed by atoms with van der Waals surface area (Å²) in [5.41, 5.74) is -0.389. The van der Waals surface area contributed by atoms with Crippen molar-refractivity contribution < 1.29 is 4.74 Å². The summed E-state index contributed by atoms with van der Waals surface area (Å²) in [7, 11) is 3.00. The number of methoxy groups -OCH3 is 1. The van der Waals surface area contributed by atoms with Crippen LogP contribution in [0.25, 0.3) is 0 Å². The van der Waals surface area contributed by atoms with Crippen molar-refractivity contribution in [2.45, 2.75) is 6.54 Å². The molecule has 17 heavy (non-hydrogen) atoms. The smallest absolute Gasteiger partial charge is 0.297 e. The minimum Gasteiger partial charge on any atom is -0.489 e. The monoisotopic (exact) mass is 256 g/mol. The van der Waals surface area contributed by atoms with Crippen molar-refractivity contribution in [2.24, 2.45) is 7.05 Å². The maximum atomic E-state index is 11.9.